The van der Waals surface area contributed by atoms with Gasteiger partial charge in [0.2, 0.25) is 5.88 Å². The van der Waals surface area contributed by atoms with Gasteiger partial charge < -0.3 is 9.47 Å². The minimum atomic E-state index is 0.0424. The minimum Gasteiger partial charge on any atom is -0.497 e. The van der Waals surface area contributed by atoms with Crippen LogP contribution in [0.3, 0.4) is 0 Å². The molecule has 4 heteroatoms. The smallest absolute Gasteiger partial charge is 0.205 e. The van der Waals surface area contributed by atoms with Gasteiger partial charge >= 0.3 is 0 Å². The second-order valence-corrected chi connectivity index (χ2v) is 5.62. The zero-order chi connectivity index (χ0) is 15.8. The highest BCUT2D eigenvalue weighted by atomic mass is 16.5. The van der Waals surface area contributed by atoms with Crippen molar-refractivity contribution in [3.05, 3.63) is 64.3 Å². The van der Waals surface area contributed by atoms with Gasteiger partial charge in [-0.2, -0.15) is 0 Å². The van der Waals surface area contributed by atoms with Crippen molar-refractivity contribution in [1.82, 2.24) is 4.57 Å². The first-order valence-electron chi connectivity index (χ1n) is 7.73. The maximum absolute atomic E-state index is 12.9. The Balaban J connectivity index is 2.14. The Labute approximate surface area is 133 Å². The van der Waals surface area contributed by atoms with E-state index >= 15 is 0 Å². The molecule has 0 spiro atoms. The van der Waals surface area contributed by atoms with Crippen LogP contribution < -0.4 is 14.9 Å². The second-order valence-electron chi connectivity index (χ2n) is 5.62. The maximum Gasteiger partial charge on any atom is 0.205 e. The Morgan fingerprint density at radius 3 is 2.74 bits per heavy atom. The van der Waals surface area contributed by atoms with Crippen molar-refractivity contribution < 1.29 is 9.47 Å². The standard InChI is InChI=1S/C19H17NO3/c1-22-14-9-10-17-16(12-14)18(21)15-8-5-11-23-19(15)20(17)13-6-3-2-4-7-13/h2-4,6-7,9-10,12H,5,8,11H2,1H3. The predicted octanol–water partition coefficient (Wildman–Crippen LogP) is 3.32. The lowest BCUT2D eigenvalue weighted by molar-refractivity contribution is 0.270. The van der Waals surface area contributed by atoms with Crippen LogP contribution in [0.25, 0.3) is 16.6 Å². The van der Waals surface area contributed by atoms with Gasteiger partial charge in [0.15, 0.2) is 5.43 Å². The first-order valence-corrected chi connectivity index (χ1v) is 7.73. The molecule has 0 fully saturated rings. The Hall–Kier alpha value is -2.75. The highest BCUT2D eigenvalue weighted by Crippen LogP contribution is 2.31. The average molecular weight is 307 g/mol. The Morgan fingerprint density at radius 1 is 1.13 bits per heavy atom. The van der Waals surface area contributed by atoms with Crippen molar-refractivity contribution in [2.75, 3.05) is 13.7 Å². The molecule has 0 radical (unpaired) electrons. The number of para-hydroxylation sites is 1. The molecule has 0 saturated carbocycles. The van der Waals surface area contributed by atoms with Gasteiger partial charge in [-0.25, -0.2) is 0 Å². The van der Waals surface area contributed by atoms with Crippen molar-refractivity contribution in [2.24, 2.45) is 0 Å². The van der Waals surface area contributed by atoms with E-state index in [2.05, 4.69) is 0 Å². The number of hydrogen-bond donors (Lipinski definition) is 0. The van der Waals surface area contributed by atoms with Gasteiger partial charge in [-0.3, -0.25) is 9.36 Å². The van der Waals surface area contributed by atoms with E-state index in [1.165, 1.54) is 0 Å². The Morgan fingerprint density at radius 2 is 1.96 bits per heavy atom. The van der Waals surface area contributed by atoms with E-state index in [4.69, 9.17) is 9.47 Å². The topological polar surface area (TPSA) is 40.5 Å². The lowest BCUT2D eigenvalue weighted by atomic mass is 10.0. The molecular weight excluding hydrogens is 290 g/mol. The van der Waals surface area contributed by atoms with E-state index in [-0.39, 0.29) is 5.43 Å². The van der Waals surface area contributed by atoms with Gasteiger partial charge in [0.25, 0.3) is 0 Å². The van der Waals surface area contributed by atoms with Crippen molar-refractivity contribution in [3.8, 4) is 17.3 Å². The summed E-state index contributed by atoms with van der Waals surface area (Å²) >= 11 is 0. The zero-order valence-corrected chi connectivity index (χ0v) is 12.9. The van der Waals surface area contributed by atoms with E-state index in [9.17, 15) is 4.79 Å². The van der Waals surface area contributed by atoms with Crippen molar-refractivity contribution in [2.45, 2.75) is 12.8 Å². The van der Waals surface area contributed by atoms with Crippen LogP contribution in [0.15, 0.2) is 53.3 Å². The largest absolute Gasteiger partial charge is 0.497 e. The number of nitrogens with zero attached hydrogens (tertiary/aromatic N) is 1. The lowest BCUT2D eigenvalue weighted by Crippen LogP contribution is -2.23. The number of rotatable bonds is 2. The summed E-state index contributed by atoms with van der Waals surface area (Å²) in [5, 5.41) is 0.664. The minimum absolute atomic E-state index is 0.0424. The fourth-order valence-electron chi connectivity index (χ4n) is 3.15. The summed E-state index contributed by atoms with van der Waals surface area (Å²) in [6, 6.07) is 15.6. The van der Waals surface area contributed by atoms with Crippen LogP contribution in [-0.2, 0) is 6.42 Å². The van der Waals surface area contributed by atoms with Gasteiger partial charge in [-0.05, 0) is 43.2 Å². The fraction of sp³-hybridized carbons (Fsp3) is 0.211. The molecule has 1 aliphatic rings. The van der Waals surface area contributed by atoms with E-state index in [0.29, 0.717) is 23.6 Å². The van der Waals surface area contributed by atoms with Crippen LogP contribution in [0.5, 0.6) is 11.6 Å². The summed E-state index contributed by atoms with van der Waals surface area (Å²) < 4.78 is 13.2. The summed E-state index contributed by atoms with van der Waals surface area (Å²) in [6.45, 7) is 0.640. The van der Waals surface area contributed by atoms with Crippen molar-refractivity contribution in [3.63, 3.8) is 0 Å². The maximum atomic E-state index is 12.9. The van der Waals surface area contributed by atoms with Gasteiger partial charge in [0.1, 0.15) is 5.75 Å². The van der Waals surface area contributed by atoms with Gasteiger partial charge in [0.05, 0.1) is 30.2 Å². The number of pyridine rings is 1. The summed E-state index contributed by atoms with van der Waals surface area (Å²) in [5.74, 6) is 1.36. The molecule has 2 aromatic carbocycles. The molecule has 0 amide bonds. The van der Waals surface area contributed by atoms with E-state index in [1.807, 2.05) is 53.1 Å². The molecule has 0 unspecified atom stereocenters. The van der Waals surface area contributed by atoms with Gasteiger partial charge in [0, 0.05) is 5.69 Å². The third kappa shape index (κ3) is 2.18. The monoisotopic (exact) mass is 307 g/mol. The summed E-state index contributed by atoms with van der Waals surface area (Å²) in [5.41, 5.74) is 2.62. The third-order valence-electron chi connectivity index (χ3n) is 4.25. The van der Waals surface area contributed by atoms with E-state index in [1.54, 1.807) is 7.11 Å². The van der Waals surface area contributed by atoms with Crippen molar-refractivity contribution >= 4 is 10.9 Å². The highest BCUT2D eigenvalue weighted by Gasteiger charge is 2.22. The first-order chi connectivity index (χ1) is 11.3. The zero-order valence-electron chi connectivity index (χ0n) is 12.9. The van der Waals surface area contributed by atoms with Crippen LogP contribution in [0.1, 0.15) is 12.0 Å². The molecule has 3 aromatic rings. The molecule has 4 nitrogen and oxygen atoms in total. The van der Waals surface area contributed by atoms with Crippen LogP contribution in [0.4, 0.5) is 0 Å². The predicted molar refractivity (Wildman–Crippen MR) is 89.9 cm³/mol. The third-order valence-corrected chi connectivity index (χ3v) is 4.25. The van der Waals surface area contributed by atoms with E-state index < -0.39 is 0 Å². The number of aromatic nitrogens is 1. The molecule has 0 saturated heterocycles. The van der Waals surface area contributed by atoms with Gasteiger partial charge in [-0.15, -0.1) is 0 Å². The second kappa shape index (κ2) is 5.47. The molecule has 0 aliphatic carbocycles. The van der Waals surface area contributed by atoms with Crippen LogP contribution in [0, 0.1) is 0 Å². The number of fused-ring (bicyclic) bond motifs is 2. The number of hydrogen-bond acceptors (Lipinski definition) is 3. The number of benzene rings is 2. The van der Waals surface area contributed by atoms with Crippen LogP contribution in [0.2, 0.25) is 0 Å². The molecule has 1 aliphatic heterocycles. The Bertz CT molecular complexity index is 929. The normalized spacial score (nSPS) is 13.4. The molecule has 116 valence electrons. The fourth-order valence-corrected chi connectivity index (χ4v) is 3.15. The number of ether oxygens (including phenoxy) is 2. The number of methoxy groups -OCH3 is 1. The summed E-state index contributed by atoms with van der Waals surface area (Å²) in [4.78, 5) is 12.9. The molecule has 2 heterocycles. The SMILES string of the molecule is COc1ccc2c(c1)c(=O)c1c(n2-c2ccccc2)OCCC1. The highest BCUT2D eigenvalue weighted by molar-refractivity contribution is 5.84. The molecule has 23 heavy (non-hydrogen) atoms. The average Bonchev–Trinajstić information content (AvgIpc) is 2.63. The molecular formula is C19H17NO3. The summed E-state index contributed by atoms with van der Waals surface area (Å²) in [7, 11) is 1.61. The van der Waals surface area contributed by atoms with Crippen molar-refractivity contribution in [1.29, 1.82) is 0 Å². The molecule has 0 N–H and O–H groups in total. The van der Waals surface area contributed by atoms with E-state index in [0.717, 1.165) is 29.6 Å². The lowest BCUT2D eigenvalue weighted by Gasteiger charge is -2.24. The van der Waals surface area contributed by atoms with Crippen LogP contribution in [-0.4, -0.2) is 18.3 Å². The van der Waals surface area contributed by atoms with Gasteiger partial charge in [-0.1, -0.05) is 18.2 Å². The quantitative estimate of drug-likeness (QED) is 0.729. The molecule has 4 rings (SSSR count). The Kier molecular flexibility index (Phi) is 3.30. The molecule has 1 aromatic heterocycles. The van der Waals surface area contributed by atoms with Crippen LogP contribution >= 0.6 is 0 Å². The first kappa shape index (κ1) is 13.9. The molecule has 0 bridgehead atoms. The summed E-state index contributed by atoms with van der Waals surface area (Å²) in [6.07, 6.45) is 1.61. The molecule has 0 atom stereocenters.